The van der Waals surface area contributed by atoms with Crippen molar-refractivity contribution in [3.8, 4) is 5.75 Å². The number of benzene rings is 2. The summed E-state index contributed by atoms with van der Waals surface area (Å²) in [5.74, 6) is -5.31. The summed E-state index contributed by atoms with van der Waals surface area (Å²) < 4.78 is 45.8. The molecule has 156 valence electrons. The molecule has 0 atom stereocenters. The molecule has 8 heteroatoms. The minimum absolute atomic E-state index is 0.150. The van der Waals surface area contributed by atoms with Gasteiger partial charge in [-0.1, -0.05) is 19.1 Å². The molecule has 2 rings (SSSR count). The molecule has 0 unspecified atom stereocenters. The van der Waals surface area contributed by atoms with Crippen LogP contribution in [0.25, 0.3) is 0 Å². The van der Waals surface area contributed by atoms with Crippen molar-refractivity contribution >= 4 is 17.5 Å². The van der Waals surface area contributed by atoms with Crippen LogP contribution in [0.15, 0.2) is 36.4 Å². The van der Waals surface area contributed by atoms with Crippen LogP contribution in [0.1, 0.15) is 37.6 Å². The van der Waals surface area contributed by atoms with Crippen LogP contribution in [0, 0.1) is 17.5 Å². The molecule has 0 heterocycles. The van der Waals surface area contributed by atoms with Crippen molar-refractivity contribution in [2.45, 2.75) is 33.3 Å². The van der Waals surface area contributed by atoms with Crippen LogP contribution in [0.4, 0.5) is 18.9 Å². The van der Waals surface area contributed by atoms with Crippen molar-refractivity contribution in [2.75, 3.05) is 18.4 Å². The minimum Gasteiger partial charge on any atom is -0.490 e. The van der Waals surface area contributed by atoms with Gasteiger partial charge in [-0.15, -0.1) is 0 Å². The van der Waals surface area contributed by atoms with Crippen LogP contribution >= 0.6 is 0 Å². The van der Waals surface area contributed by atoms with Crippen LogP contribution in [0.3, 0.4) is 0 Å². The van der Waals surface area contributed by atoms with E-state index in [9.17, 15) is 22.8 Å². The predicted octanol–water partition coefficient (Wildman–Crippen LogP) is 4.38. The average Bonchev–Trinajstić information content (AvgIpc) is 2.67. The maximum absolute atomic E-state index is 13.8. The SMILES string of the molecule is CCCN(CC(=O)Nc1ccc(F)c(F)c1F)C(=O)c1ccccc1OC(C)C. The fourth-order valence-electron chi connectivity index (χ4n) is 2.68. The molecule has 0 saturated carbocycles. The van der Waals surface area contributed by atoms with Crippen LogP contribution in [-0.2, 0) is 4.79 Å². The Labute approximate surface area is 167 Å². The quantitative estimate of drug-likeness (QED) is 0.660. The second-order valence-corrected chi connectivity index (χ2v) is 6.66. The number of para-hydroxylation sites is 1. The van der Waals surface area contributed by atoms with Crippen molar-refractivity contribution in [3.63, 3.8) is 0 Å². The Morgan fingerprint density at radius 3 is 2.41 bits per heavy atom. The summed E-state index contributed by atoms with van der Waals surface area (Å²) >= 11 is 0. The second kappa shape index (κ2) is 9.95. The number of nitrogens with zero attached hydrogens (tertiary/aromatic N) is 1. The van der Waals surface area contributed by atoms with E-state index in [1.165, 1.54) is 4.90 Å². The molecule has 0 aliphatic rings. The van der Waals surface area contributed by atoms with Gasteiger partial charge in [-0.05, 0) is 44.5 Å². The third-order valence-electron chi connectivity index (χ3n) is 3.90. The normalized spacial score (nSPS) is 10.7. The first-order chi connectivity index (χ1) is 13.7. The van der Waals surface area contributed by atoms with Crippen LogP contribution in [0.5, 0.6) is 5.75 Å². The number of amides is 2. The van der Waals surface area contributed by atoms with Crippen molar-refractivity contribution in [3.05, 3.63) is 59.4 Å². The van der Waals surface area contributed by atoms with Crippen LogP contribution in [-0.4, -0.2) is 35.9 Å². The Hall–Kier alpha value is -3.03. The highest BCUT2D eigenvalue weighted by Gasteiger charge is 2.23. The summed E-state index contributed by atoms with van der Waals surface area (Å²) in [6.07, 6.45) is 0.425. The van der Waals surface area contributed by atoms with Gasteiger partial charge in [0.2, 0.25) is 5.91 Å². The Kier molecular flexibility index (Phi) is 7.64. The molecule has 0 aliphatic heterocycles. The summed E-state index contributed by atoms with van der Waals surface area (Å²) in [5, 5.41) is 2.17. The Morgan fingerprint density at radius 1 is 1.07 bits per heavy atom. The zero-order chi connectivity index (χ0) is 21.6. The largest absolute Gasteiger partial charge is 0.490 e. The highest BCUT2D eigenvalue weighted by atomic mass is 19.2. The van der Waals surface area contributed by atoms with E-state index in [1.807, 2.05) is 20.8 Å². The van der Waals surface area contributed by atoms with E-state index in [1.54, 1.807) is 24.3 Å². The number of anilines is 1. The third-order valence-corrected chi connectivity index (χ3v) is 3.90. The standard InChI is InChI=1S/C21H23F3N2O3/c1-4-11-26(21(28)14-7-5-6-8-17(14)29-13(2)3)12-18(27)25-16-10-9-15(22)19(23)20(16)24/h5-10,13H,4,11-12H2,1-3H3,(H,25,27). The van der Waals surface area contributed by atoms with E-state index in [-0.39, 0.29) is 19.2 Å². The highest BCUT2D eigenvalue weighted by Crippen LogP contribution is 2.22. The Balaban J connectivity index is 2.19. The summed E-state index contributed by atoms with van der Waals surface area (Å²) in [6.45, 7) is 5.37. The Bertz CT molecular complexity index is 887. The van der Waals surface area contributed by atoms with Gasteiger partial charge in [0.25, 0.3) is 5.91 Å². The molecule has 0 aliphatic carbocycles. The lowest BCUT2D eigenvalue weighted by Gasteiger charge is -2.23. The molecule has 0 saturated heterocycles. The van der Waals surface area contributed by atoms with Gasteiger partial charge in [0.1, 0.15) is 12.3 Å². The molecule has 1 N–H and O–H groups in total. The van der Waals surface area contributed by atoms with E-state index in [2.05, 4.69) is 5.32 Å². The van der Waals surface area contributed by atoms with Crippen molar-refractivity contribution in [1.29, 1.82) is 0 Å². The number of halogens is 3. The number of carbonyl (C=O) groups is 2. The van der Waals surface area contributed by atoms with Gasteiger partial charge in [0.15, 0.2) is 17.5 Å². The van der Waals surface area contributed by atoms with Crippen molar-refractivity contribution in [2.24, 2.45) is 0 Å². The third kappa shape index (κ3) is 5.73. The van der Waals surface area contributed by atoms with Gasteiger partial charge >= 0.3 is 0 Å². The molecule has 2 aromatic carbocycles. The molecule has 0 spiro atoms. The molecule has 2 amide bonds. The summed E-state index contributed by atoms with van der Waals surface area (Å²) in [5.41, 5.74) is -0.206. The van der Waals surface area contributed by atoms with Crippen molar-refractivity contribution in [1.82, 2.24) is 4.90 Å². The van der Waals surface area contributed by atoms with Gasteiger partial charge < -0.3 is 15.0 Å². The number of rotatable bonds is 8. The van der Waals surface area contributed by atoms with Gasteiger partial charge in [-0.3, -0.25) is 9.59 Å². The average molecular weight is 408 g/mol. The molecule has 0 radical (unpaired) electrons. The fourth-order valence-corrected chi connectivity index (χ4v) is 2.68. The monoisotopic (exact) mass is 408 g/mol. The minimum atomic E-state index is -1.68. The number of hydrogen-bond acceptors (Lipinski definition) is 3. The summed E-state index contributed by atoms with van der Waals surface area (Å²) in [7, 11) is 0. The van der Waals surface area contributed by atoms with Crippen LogP contribution < -0.4 is 10.1 Å². The molecule has 0 aromatic heterocycles. The first kappa shape index (κ1) is 22.3. The van der Waals surface area contributed by atoms with Gasteiger partial charge in [0.05, 0.1) is 17.4 Å². The van der Waals surface area contributed by atoms with Gasteiger partial charge in [0, 0.05) is 6.54 Å². The number of nitrogens with one attached hydrogen (secondary N) is 1. The second-order valence-electron chi connectivity index (χ2n) is 6.66. The summed E-state index contributed by atoms with van der Waals surface area (Å²) in [6, 6.07) is 8.30. The first-order valence-corrected chi connectivity index (χ1v) is 9.22. The van der Waals surface area contributed by atoms with Crippen LogP contribution in [0.2, 0.25) is 0 Å². The van der Waals surface area contributed by atoms with E-state index >= 15 is 0 Å². The van der Waals surface area contributed by atoms with E-state index in [4.69, 9.17) is 4.74 Å². The molecule has 29 heavy (non-hydrogen) atoms. The molecule has 2 aromatic rings. The molecule has 5 nitrogen and oxygen atoms in total. The van der Waals surface area contributed by atoms with E-state index < -0.39 is 35.0 Å². The lowest BCUT2D eigenvalue weighted by molar-refractivity contribution is -0.116. The molecular weight excluding hydrogens is 385 g/mol. The predicted molar refractivity (Wildman–Crippen MR) is 103 cm³/mol. The summed E-state index contributed by atoms with van der Waals surface area (Å²) in [4.78, 5) is 26.6. The highest BCUT2D eigenvalue weighted by molar-refractivity contribution is 6.01. The number of hydrogen-bond donors (Lipinski definition) is 1. The zero-order valence-electron chi connectivity index (χ0n) is 16.5. The van der Waals surface area contributed by atoms with E-state index in [0.717, 1.165) is 6.07 Å². The van der Waals surface area contributed by atoms with Gasteiger partial charge in [-0.2, -0.15) is 0 Å². The lowest BCUT2D eigenvalue weighted by atomic mass is 10.1. The molecule has 0 fully saturated rings. The maximum atomic E-state index is 13.8. The van der Waals surface area contributed by atoms with E-state index in [0.29, 0.717) is 23.8 Å². The zero-order valence-corrected chi connectivity index (χ0v) is 16.5. The first-order valence-electron chi connectivity index (χ1n) is 9.22. The van der Waals surface area contributed by atoms with Gasteiger partial charge in [-0.25, -0.2) is 13.2 Å². The number of ether oxygens (including phenoxy) is 1. The molecule has 0 bridgehead atoms. The van der Waals surface area contributed by atoms with Crippen molar-refractivity contribution < 1.29 is 27.5 Å². The number of carbonyl (C=O) groups excluding carboxylic acids is 2. The Morgan fingerprint density at radius 2 is 1.76 bits per heavy atom. The fraction of sp³-hybridized carbons (Fsp3) is 0.333. The topological polar surface area (TPSA) is 58.6 Å². The smallest absolute Gasteiger partial charge is 0.258 e. The maximum Gasteiger partial charge on any atom is 0.258 e. The molecular formula is C21H23F3N2O3. The lowest BCUT2D eigenvalue weighted by Crippen LogP contribution is -2.39.